The van der Waals surface area contributed by atoms with E-state index in [0.717, 1.165) is 33.4 Å². The summed E-state index contributed by atoms with van der Waals surface area (Å²) in [6.45, 7) is 11.3. The van der Waals surface area contributed by atoms with Gasteiger partial charge < -0.3 is 132 Å². The molecule has 3 aliphatic carbocycles. The van der Waals surface area contributed by atoms with Gasteiger partial charge in [-0.2, -0.15) is 19.9 Å². The molecule has 3 unspecified atom stereocenters. The number of aromatic amines is 2. The number of nitrogens with zero attached hydrogens (tertiary/aromatic N) is 9. The van der Waals surface area contributed by atoms with Crippen LogP contribution in [-0.2, 0) is 92.9 Å². The van der Waals surface area contributed by atoms with Crippen LogP contribution in [0.5, 0.6) is 11.8 Å². The quantitative estimate of drug-likeness (QED) is 0.00553. The van der Waals surface area contributed by atoms with E-state index in [0.29, 0.717) is 237 Å². The fourth-order valence-electron chi connectivity index (χ4n) is 16.3. The molecule has 3 aliphatic rings. The summed E-state index contributed by atoms with van der Waals surface area (Å²) in [4.78, 5) is 103. The number of azide groups is 1. The molecule has 3 atom stereocenters. The number of hydrogen-bond acceptors (Lipinski definition) is 31. The van der Waals surface area contributed by atoms with E-state index in [1.165, 1.54) is 68.3 Å². The van der Waals surface area contributed by atoms with Crippen molar-refractivity contribution in [3.8, 4) is 45.1 Å². The number of anilines is 2. The minimum atomic E-state index is -1.15. The number of aliphatic carboxylic acids is 2. The minimum Gasteiger partial charge on any atom is -0.481 e. The zero-order valence-electron chi connectivity index (χ0n) is 81.4. The first-order chi connectivity index (χ1) is 71.4. The Morgan fingerprint density at radius 3 is 1.01 bits per heavy atom. The minimum absolute atomic E-state index is 0.00770. The Hall–Kier alpha value is -14.9. The zero-order chi connectivity index (χ0) is 103. The van der Waals surface area contributed by atoms with Gasteiger partial charge in [0, 0.05) is 55.4 Å². The van der Waals surface area contributed by atoms with Crippen LogP contribution in [0.25, 0.3) is 66.2 Å². The average Bonchev–Trinajstić information content (AvgIpc) is 1.61. The summed E-state index contributed by atoms with van der Waals surface area (Å²) in [5.41, 5.74) is 56.9. The highest BCUT2D eigenvalue weighted by Crippen LogP contribution is 2.47. The van der Waals surface area contributed by atoms with E-state index in [4.69, 9.17) is 106 Å². The van der Waals surface area contributed by atoms with E-state index in [1.54, 1.807) is 0 Å². The van der Waals surface area contributed by atoms with Crippen LogP contribution in [0.4, 0.5) is 26.3 Å². The Balaban J connectivity index is 0.000000184. The number of carbonyl (C=O) groups is 6. The first kappa shape index (κ1) is 110. The van der Waals surface area contributed by atoms with Crippen molar-refractivity contribution >= 4 is 70.3 Å². The first-order valence-corrected chi connectivity index (χ1v) is 48.6. The lowest BCUT2D eigenvalue weighted by molar-refractivity contribution is -0.139. The Kier molecular flexibility index (Phi) is 45.7. The number of nitrogens with one attached hydrogen (secondary N) is 6. The summed E-state index contributed by atoms with van der Waals surface area (Å²) < 4.78 is 72.1. The molecule has 0 aliphatic heterocycles. The average molecular weight is 2010 g/mol. The van der Waals surface area contributed by atoms with Crippen LogP contribution in [0.2, 0.25) is 0 Å². The van der Waals surface area contributed by atoms with Crippen LogP contribution < -0.4 is 59.4 Å². The molecule has 12 aromatic rings. The predicted molar refractivity (Wildman–Crippen MR) is 545 cm³/mol. The molecular weight excluding hydrogens is 1880 g/mol. The zero-order valence-corrected chi connectivity index (χ0v) is 81.4. The van der Waals surface area contributed by atoms with Gasteiger partial charge in [0.25, 0.3) is 0 Å². The molecule has 41 heteroatoms. The lowest BCUT2D eigenvalue weighted by atomic mass is 9.98. The maximum Gasteiger partial charge on any atom is 0.407 e. The molecule has 4 amide bonds. The number of H-pyrrole nitrogens is 2. The molecule has 0 bridgehead atoms. The van der Waals surface area contributed by atoms with Crippen LogP contribution in [0, 0.1) is 0 Å². The Labute approximate surface area is 844 Å². The molecule has 774 valence electrons. The maximum absolute atomic E-state index is 12.4. The number of nitrogen functional groups attached to an aromatic ring is 2. The van der Waals surface area contributed by atoms with Crippen molar-refractivity contribution in [1.29, 1.82) is 0 Å². The van der Waals surface area contributed by atoms with Gasteiger partial charge in [-0.05, 0) is 146 Å². The van der Waals surface area contributed by atoms with Crippen molar-refractivity contribution in [2.75, 3.05) is 157 Å². The number of fused-ring (bicyclic) bond motifs is 11. The van der Waals surface area contributed by atoms with Crippen LogP contribution in [0.15, 0.2) is 212 Å². The number of ether oxygens (including phenoxy) is 13. The highest BCUT2D eigenvalue weighted by molar-refractivity contribution is 5.84. The van der Waals surface area contributed by atoms with E-state index < -0.39 is 48.3 Å². The topological polar surface area (TPSA) is 599 Å². The monoisotopic (exact) mass is 2000 g/mol. The molecule has 0 saturated heterocycles. The Morgan fingerprint density at radius 1 is 0.370 bits per heavy atom. The number of nitrogens with two attached hydrogens (primary N) is 5. The molecule has 0 fully saturated rings. The second-order valence-corrected chi connectivity index (χ2v) is 33.9. The number of rotatable bonds is 58. The number of aromatic nitrogens is 8. The van der Waals surface area contributed by atoms with Crippen LogP contribution >= 0.6 is 0 Å². The van der Waals surface area contributed by atoms with Crippen molar-refractivity contribution in [2.45, 2.75) is 120 Å². The van der Waals surface area contributed by atoms with Crippen molar-refractivity contribution in [2.24, 2.45) is 22.3 Å². The summed E-state index contributed by atoms with van der Waals surface area (Å²) >= 11 is 0. The highest BCUT2D eigenvalue weighted by atomic mass is 16.6. The third-order valence-corrected chi connectivity index (χ3v) is 23.7. The molecule has 146 heavy (non-hydrogen) atoms. The second-order valence-electron chi connectivity index (χ2n) is 33.9. The number of benzene rings is 8. The van der Waals surface area contributed by atoms with Gasteiger partial charge in [-0.25, -0.2) is 24.4 Å². The normalized spacial score (nSPS) is 12.5. The fourth-order valence-corrected chi connectivity index (χ4v) is 16.3. The number of carboxylic acids is 2. The van der Waals surface area contributed by atoms with Crippen molar-refractivity contribution in [1.82, 2.24) is 61.1 Å². The lowest BCUT2D eigenvalue weighted by Crippen LogP contribution is -2.41. The summed E-state index contributed by atoms with van der Waals surface area (Å²) in [6.07, 6.45) is 6.50. The van der Waals surface area contributed by atoms with E-state index in [-0.39, 0.29) is 61.8 Å². The molecule has 4 aromatic heterocycles. The number of carboxylic acid groups (broad SMARTS) is 2. The largest absolute Gasteiger partial charge is 0.481 e. The van der Waals surface area contributed by atoms with Gasteiger partial charge in [0.2, 0.25) is 29.6 Å². The number of carbonyl (C=O) groups excluding carboxylic acids is 4. The van der Waals surface area contributed by atoms with Gasteiger partial charge in [-0.15, -0.1) is 0 Å². The third kappa shape index (κ3) is 35.0. The molecule has 0 radical (unpaired) electrons. The molecule has 8 aromatic carbocycles. The summed E-state index contributed by atoms with van der Waals surface area (Å²) in [6, 6.07) is 62.4. The molecule has 0 saturated carbocycles. The number of hydrogen-bond donors (Lipinski definition) is 13. The number of amides is 4. The van der Waals surface area contributed by atoms with E-state index >= 15 is 0 Å². The van der Waals surface area contributed by atoms with Crippen LogP contribution in [0.1, 0.15) is 131 Å². The van der Waals surface area contributed by atoms with E-state index in [2.05, 4.69) is 144 Å². The van der Waals surface area contributed by atoms with Gasteiger partial charge in [0.05, 0.1) is 124 Å². The molecular formula is C105H128N20O21. The van der Waals surface area contributed by atoms with Crippen LogP contribution in [-0.4, -0.2) is 249 Å². The van der Waals surface area contributed by atoms with Gasteiger partial charge in [0.15, 0.2) is 11.3 Å². The standard InChI is InChI=1S/C42H52N8O8.C21H30N6O5.C21H22N4O4.C21H24N2O4/c43-36(11-5-6-16-46-42(52)58-27-35-33-9-3-1-7-31(33)32-8-2-4-10-34(32)35)39(51)45-17-18-53-19-20-54-21-22-55-23-24-56-25-29-12-14-30(15-13-29)26-57-40-37-38(48-28-47-37)49-41(44)50-40;22-5-6-28-7-8-29-9-10-30-11-12-31-13-16-1-3-17(4-2-16)14-32-20-18-19(25-15-24-18)26-21(23)27-20;22-25-24-19(20(26)27)11-5-6-12-23-21(28)29-13-18-16-9-3-1-7-14(16)15-8-2-4-10-17(15)18;22-19(20(24)25)11-5-6-12-23-21(26)27-13-18-16-9-3-1-7-14(16)15-8-2-4-10-17(15)18/h1-4,7-10,12-15,28,35-36H,5-6,11,16-27,43H2,(H,45,51)(H,46,52)(H3,44,47,48,49,50);1-4,15H,5-14,22H2,(H3,23,24,25,26,27);1-4,7-10,18-19H,5-6,11-13H2,(H,23,28)(H,26,27);1-4,7-10,18-19H,5-6,11-13,22H2,(H,23,26)(H,24,25). The summed E-state index contributed by atoms with van der Waals surface area (Å²) in [7, 11) is 0. The van der Waals surface area contributed by atoms with Gasteiger partial charge >= 0.3 is 30.2 Å². The van der Waals surface area contributed by atoms with Crippen molar-refractivity contribution < 1.29 is 101 Å². The number of imidazole rings is 2. The maximum atomic E-state index is 12.4. The molecule has 0 spiro atoms. The van der Waals surface area contributed by atoms with Crippen molar-refractivity contribution in [3.05, 3.63) is 273 Å². The van der Waals surface area contributed by atoms with E-state index in [1.807, 2.05) is 121 Å². The lowest BCUT2D eigenvalue weighted by Gasteiger charge is -2.15. The Morgan fingerprint density at radius 2 is 0.678 bits per heavy atom. The molecule has 4 heterocycles. The second kappa shape index (κ2) is 60.7. The smallest absolute Gasteiger partial charge is 0.407 e. The van der Waals surface area contributed by atoms with Gasteiger partial charge in [-0.3, -0.25) is 14.4 Å². The number of unbranched alkanes of at least 4 members (excludes halogenated alkanes) is 3. The van der Waals surface area contributed by atoms with Crippen LogP contribution in [0.3, 0.4) is 0 Å². The molecule has 18 N–H and O–H groups in total. The summed E-state index contributed by atoms with van der Waals surface area (Å²) in [5, 5.41) is 31.9. The fraction of sp³-hybridized carbons (Fsp3) is 0.390. The van der Waals surface area contributed by atoms with Gasteiger partial charge in [0.1, 0.15) is 56.2 Å². The third-order valence-electron chi connectivity index (χ3n) is 23.7. The van der Waals surface area contributed by atoms with E-state index in [9.17, 15) is 28.8 Å². The van der Waals surface area contributed by atoms with Crippen molar-refractivity contribution in [3.63, 3.8) is 0 Å². The molecule has 15 rings (SSSR count). The predicted octanol–water partition coefficient (Wildman–Crippen LogP) is 12.8. The number of alkyl carbamates (subject to hydrolysis) is 3. The Bertz CT molecular complexity index is 6000. The highest BCUT2D eigenvalue weighted by Gasteiger charge is 2.33. The summed E-state index contributed by atoms with van der Waals surface area (Å²) in [5.74, 6) is -1.35. The SMILES string of the molecule is NC(CCCCNC(=O)OCC1c2ccccc2-c2ccccc21)C(=O)O.NCCOCCOCCOCCOCc1ccc(COc2nc(N)nc3nc[nH]c23)cc1.Nc1nc(OCc2ccc(COCCOCCOCCOCCNC(=O)C(N)CCCCNC(=O)OCC3c4ccccc4-c4ccccc43)cc2)c2[nH]cnc2n1.[N-]=[N+]=NC(CCCCNC(=O)OCC1c2ccccc2-c2ccccc21)C(=O)O. The molecule has 41 nitrogen and oxygen atoms in total. The van der Waals surface area contributed by atoms with Gasteiger partial charge in [-0.1, -0.05) is 206 Å². The first-order valence-electron chi connectivity index (χ1n) is 48.6.